The second-order valence-electron chi connectivity index (χ2n) is 17.6. The van der Waals surface area contributed by atoms with E-state index in [4.69, 9.17) is 26.9 Å². The first-order chi connectivity index (χ1) is 35.0. The Labute approximate surface area is 379 Å². The fraction of sp³-hybridized carbons (Fsp3) is 0.250. The minimum Gasteiger partial charge on any atom is -0.507 e. The van der Waals surface area contributed by atoms with E-state index in [1.807, 2.05) is 96.1 Å². The van der Waals surface area contributed by atoms with Gasteiger partial charge in [-0.2, -0.15) is 0 Å². The van der Waals surface area contributed by atoms with Gasteiger partial charge in [-0.3, -0.25) is 9.55 Å². The number of nitrogens with zero attached hydrogens (tertiary/aromatic N) is 3. The molecule has 0 aliphatic carbocycles. The average molecular weight is 804 g/mol. The Hall–Kier alpha value is -6.26. The van der Waals surface area contributed by atoms with Gasteiger partial charge in [0.05, 0.1) is 33.5 Å². The quantitative estimate of drug-likeness (QED) is 0.182. The Morgan fingerprint density at radius 1 is 0.583 bits per heavy atom. The molecule has 0 saturated heterocycles. The Bertz CT molecular complexity index is 3530. The first-order valence-electron chi connectivity index (χ1n) is 27.8. The van der Waals surface area contributed by atoms with Gasteiger partial charge in [0, 0.05) is 39.3 Å². The predicted molar refractivity (Wildman–Crippen MR) is 253 cm³/mol. The van der Waals surface area contributed by atoms with Crippen LogP contribution in [0.2, 0.25) is 0 Å². The third-order valence-corrected chi connectivity index (χ3v) is 10.9. The zero-order valence-corrected chi connectivity index (χ0v) is 34.8. The minimum atomic E-state index is -3.16. The van der Waals surface area contributed by atoms with Crippen molar-refractivity contribution in [3.63, 3.8) is 0 Å². The summed E-state index contributed by atoms with van der Waals surface area (Å²) in [7, 11) is 0. The molecule has 4 nitrogen and oxygen atoms in total. The van der Waals surface area contributed by atoms with Crippen LogP contribution in [0, 0.1) is 13.7 Å². The normalized spacial score (nSPS) is 17.1. The number of phenolic OH excluding ortho intramolecular Hbond substituents is 1. The molecule has 0 fully saturated rings. The van der Waals surface area contributed by atoms with Crippen LogP contribution < -0.4 is 0 Å². The van der Waals surface area contributed by atoms with E-state index in [0.29, 0.717) is 44.5 Å². The van der Waals surface area contributed by atoms with E-state index >= 15 is 0 Å². The summed E-state index contributed by atoms with van der Waals surface area (Å²) >= 11 is 0. The molecule has 0 aliphatic heterocycles. The zero-order valence-electron chi connectivity index (χ0n) is 50.8. The number of imidazole rings is 1. The number of pyridine rings is 1. The topological polar surface area (TPSA) is 50.9 Å². The van der Waals surface area contributed by atoms with Crippen LogP contribution in [-0.4, -0.2) is 19.6 Å². The van der Waals surface area contributed by atoms with Gasteiger partial charge in [-0.1, -0.05) is 153 Å². The number of aromatic hydroxyl groups is 1. The van der Waals surface area contributed by atoms with Crippen molar-refractivity contribution in [3.05, 3.63) is 167 Å². The molecule has 6 aromatic carbocycles. The Balaban J connectivity index is 1.47. The standard InChI is InChI=1S/C56H57N3O/c1-35-20-22-38(23-21-35)40-26-27-57-48(32-40)42-29-41(30-43(31-42)54(3,4)5)45-18-15-19-50-51(45)58-53(46-33-44(55(6,7)8)34-47(52(46)60)56(9,10)11)59(50)49-25-24-39(28-36(49)2)37-16-13-12-14-17-37/h12-34,60H,1-11H3/i1D3,2D3,9D3,10D3,20D,21D,22D,23D. The van der Waals surface area contributed by atoms with Gasteiger partial charge in [-0.05, 0) is 123 Å². The Morgan fingerprint density at radius 3 is 2.00 bits per heavy atom. The van der Waals surface area contributed by atoms with Gasteiger partial charge in [0.1, 0.15) is 11.6 Å². The van der Waals surface area contributed by atoms with Crippen molar-refractivity contribution in [2.45, 2.75) is 92.1 Å². The molecule has 2 aromatic heterocycles. The number of aromatic nitrogens is 3. The highest BCUT2D eigenvalue weighted by molar-refractivity contribution is 5.97. The lowest BCUT2D eigenvalue weighted by Gasteiger charge is -2.27. The van der Waals surface area contributed by atoms with Crippen molar-refractivity contribution in [2.24, 2.45) is 0 Å². The highest BCUT2D eigenvalue weighted by Gasteiger charge is 2.29. The van der Waals surface area contributed by atoms with Crippen LogP contribution in [0.4, 0.5) is 0 Å². The predicted octanol–water partition coefficient (Wildman–Crippen LogP) is 15.0. The molecule has 0 aliphatic rings. The van der Waals surface area contributed by atoms with E-state index < -0.39 is 79.1 Å². The zero-order chi connectivity index (χ0) is 56.2. The fourth-order valence-corrected chi connectivity index (χ4v) is 7.48. The molecule has 0 spiro atoms. The van der Waals surface area contributed by atoms with Crippen LogP contribution in [0.15, 0.2) is 140 Å². The molecule has 60 heavy (non-hydrogen) atoms. The molecule has 0 amide bonds. The molecule has 0 bridgehead atoms. The van der Waals surface area contributed by atoms with Crippen LogP contribution in [0.25, 0.3) is 72.7 Å². The van der Waals surface area contributed by atoms with E-state index in [2.05, 4.69) is 4.98 Å². The van der Waals surface area contributed by atoms with Gasteiger partial charge in [-0.25, -0.2) is 4.98 Å². The second-order valence-corrected chi connectivity index (χ2v) is 17.6. The van der Waals surface area contributed by atoms with Gasteiger partial charge in [-0.15, -0.1) is 0 Å². The first-order valence-corrected chi connectivity index (χ1v) is 19.8. The molecule has 0 unspecified atom stereocenters. The number of fused-ring (bicyclic) bond motifs is 1. The summed E-state index contributed by atoms with van der Waals surface area (Å²) < 4.78 is 139. The molecule has 4 heteroatoms. The van der Waals surface area contributed by atoms with E-state index in [0.717, 1.165) is 18.1 Å². The number of hydrogen-bond donors (Lipinski definition) is 1. The van der Waals surface area contributed by atoms with Crippen LogP contribution in [0.1, 0.15) is 112 Å². The largest absolute Gasteiger partial charge is 0.507 e. The summed E-state index contributed by atoms with van der Waals surface area (Å²) in [5.74, 6) is -0.662. The number of para-hydroxylation sites is 1. The maximum atomic E-state index is 12.7. The van der Waals surface area contributed by atoms with Crippen LogP contribution in [0.3, 0.4) is 0 Å². The van der Waals surface area contributed by atoms with Gasteiger partial charge in [0.25, 0.3) is 0 Å². The van der Waals surface area contributed by atoms with Crippen molar-refractivity contribution >= 4 is 11.0 Å². The highest BCUT2D eigenvalue weighted by atomic mass is 16.3. The van der Waals surface area contributed by atoms with Crippen molar-refractivity contribution in [2.75, 3.05) is 0 Å². The summed E-state index contributed by atoms with van der Waals surface area (Å²) in [6.45, 7) is 0.810. The summed E-state index contributed by atoms with van der Waals surface area (Å²) in [4.78, 5) is 9.97. The molecule has 1 N–H and O–H groups in total. The molecule has 0 radical (unpaired) electrons. The Kier molecular flexibility index (Phi) is 6.38. The minimum absolute atomic E-state index is 0.00491. The summed E-state index contributed by atoms with van der Waals surface area (Å²) in [6, 6.07) is 29.2. The third kappa shape index (κ3) is 7.79. The number of aryl methyl sites for hydroxylation is 1. The summed E-state index contributed by atoms with van der Waals surface area (Å²) in [6.07, 6.45) is 1.47. The maximum Gasteiger partial charge on any atom is 0.149 e. The van der Waals surface area contributed by atoms with E-state index in [1.54, 1.807) is 47.0 Å². The lowest BCUT2D eigenvalue weighted by atomic mass is 9.79. The van der Waals surface area contributed by atoms with Crippen LogP contribution in [0.5, 0.6) is 5.75 Å². The van der Waals surface area contributed by atoms with Crippen molar-refractivity contribution < 1.29 is 27.0 Å². The Morgan fingerprint density at radius 2 is 1.30 bits per heavy atom. The number of rotatable bonds is 6. The maximum absolute atomic E-state index is 12.7. The van der Waals surface area contributed by atoms with E-state index in [-0.39, 0.29) is 39.3 Å². The monoisotopic (exact) mass is 804 g/mol. The molecule has 8 aromatic rings. The van der Waals surface area contributed by atoms with Crippen LogP contribution in [-0.2, 0) is 16.2 Å². The van der Waals surface area contributed by atoms with Gasteiger partial charge in [0.15, 0.2) is 0 Å². The number of hydrogen-bond acceptors (Lipinski definition) is 3. The van der Waals surface area contributed by atoms with Crippen molar-refractivity contribution in [1.82, 2.24) is 14.5 Å². The number of phenols is 1. The van der Waals surface area contributed by atoms with Crippen LogP contribution >= 0.6 is 0 Å². The lowest BCUT2D eigenvalue weighted by Crippen LogP contribution is -2.17. The average Bonchev–Trinajstić information content (AvgIpc) is 3.71. The molecule has 0 atom stereocenters. The third-order valence-electron chi connectivity index (χ3n) is 10.9. The van der Waals surface area contributed by atoms with E-state index in [9.17, 15) is 5.11 Å². The summed E-state index contributed by atoms with van der Waals surface area (Å²) in [5.41, 5.74) is 0.843. The molecule has 0 saturated carbocycles. The molecule has 8 rings (SSSR count). The van der Waals surface area contributed by atoms with Gasteiger partial charge in [0.2, 0.25) is 0 Å². The van der Waals surface area contributed by atoms with Crippen molar-refractivity contribution in [1.29, 1.82) is 0 Å². The molecular formula is C56H57N3O. The first kappa shape index (κ1) is 25.4. The van der Waals surface area contributed by atoms with Gasteiger partial charge >= 0.3 is 0 Å². The fourth-order valence-electron chi connectivity index (χ4n) is 7.48. The highest BCUT2D eigenvalue weighted by Crippen LogP contribution is 2.45. The second kappa shape index (κ2) is 15.1. The van der Waals surface area contributed by atoms with Crippen molar-refractivity contribution in [3.8, 4) is 67.5 Å². The number of benzene rings is 6. The van der Waals surface area contributed by atoms with Gasteiger partial charge < -0.3 is 5.11 Å². The smallest absolute Gasteiger partial charge is 0.149 e. The van der Waals surface area contributed by atoms with E-state index in [1.165, 1.54) is 18.3 Å². The SMILES string of the molecule is [2H]c1c([2H])c(C([2H])([2H])[2H])c([2H])c([2H])c1-c1ccnc(-c2cc(-c3cccc4c3nc(-c3cc(C(C)(C)C)cc(C(C)(C([2H])([2H])[2H])C([2H])([2H])[2H])c3O)n4-c3ccc(-c4ccccc4)cc3C([2H])([2H])[2H])cc(C(C)(C)C)c2)c1. The lowest BCUT2D eigenvalue weighted by molar-refractivity contribution is 0.446. The molecular weight excluding hydrogens is 731 g/mol. The molecule has 2 heterocycles. The molecule has 302 valence electrons. The summed E-state index contributed by atoms with van der Waals surface area (Å²) in [5, 5.41) is 12.7.